The highest BCUT2D eigenvalue weighted by Gasteiger charge is 2.06. The topological polar surface area (TPSA) is 79.0 Å². The summed E-state index contributed by atoms with van der Waals surface area (Å²) in [4.78, 5) is 10.2. The summed E-state index contributed by atoms with van der Waals surface area (Å²) in [6, 6.07) is 0. The number of hydrogen-bond acceptors (Lipinski definition) is 3. The molecule has 0 aromatic heterocycles. The van der Waals surface area contributed by atoms with Gasteiger partial charge in [0.25, 0.3) is 5.91 Å². The summed E-state index contributed by atoms with van der Waals surface area (Å²) in [7, 11) is 0. The SMILES string of the molecule is N=C(NC(=O)CF)C(F)=CN. The van der Waals surface area contributed by atoms with Crippen LogP contribution in [0.5, 0.6) is 0 Å². The number of alkyl halides is 1. The molecule has 0 spiro atoms. The highest BCUT2D eigenvalue weighted by molar-refractivity contribution is 6.04. The second-order valence-electron chi connectivity index (χ2n) is 1.57. The average Bonchev–Trinajstić information content (AvgIpc) is 2.02. The predicted octanol–water partition coefficient (Wildman–Crippen LogP) is -0.181. The van der Waals surface area contributed by atoms with Gasteiger partial charge in [-0.15, -0.1) is 0 Å². The van der Waals surface area contributed by atoms with Gasteiger partial charge < -0.3 is 11.1 Å². The molecule has 4 N–H and O–H groups in total. The summed E-state index contributed by atoms with van der Waals surface area (Å²) in [5, 5.41) is 8.33. The minimum absolute atomic E-state index is 0.501. The lowest BCUT2D eigenvalue weighted by atomic mass is 10.5. The number of nitrogens with two attached hydrogens (primary N) is 1. The first kappa shape index (κ1) is 9.54. The number of carbonyl (C=O) groups excluding carboxylic acids is 1. The summed E-state index contributed by atoms with van der Waals surface area (Å²) >= 11 is 0. The van der Waals surface area contributed by atoms with E-state index in [4.69, 9.17) is 5.41 Å². The van der Waals surface area contributed by atoms with Crippen LogP contribution in [0.15, 0.2) is 12.0 Å². The summed E-state index contributed by atoms with van der Waals surface area (Å²) in [5.74, 6) is -3.02. The molecule has 4 nitrogen and oxygen atoms in total. The number of halogens is 2. The molecule has 0 atom stereocenters. The van der Waals surface area contributed by atoms with Crippen LogP contribution in [0.1, 0.15) is 0 Å². The Morgan fingerprint density at radius 1 is 1.73 bits per heavy atom. The molecule has 1 amide bonds. The maximum atomic E-state index is 12.2. The summed E-state index contributed by atoms with van der Waals surface area (Å²) < 4.78 is 23.6. The molecule has 0 saturated carbocycles. The molecule has 0 bridgehead atoms. The van der Waals surface area contributed by atoms with Gasteiger partial charge in [0.2, 0.25) is 0 Å². The number of nitrogens with one attached hydrogen (secondary N) is 2. The summed E-state index contributed by atoms with van der Waals surface area (Å²) in [6.45, 7) is -1.29. The van der Waals surface area contributed by atoms with Crippen LogP contribution >= 0.6 is 0 Å². The van der Waals surface area contributed by atoms with Crippen molar-refractivity contribution in [2.45, 2.75) is 0 Å². The predicted molar refractivity (Wildman–Crippen MR) is 35.2 cm³/mol. The standard InChI is InChI=1S/C5H7F2N3O/c6-1-4(11)10-5(9)3(7)2-8/h2H,1,8H2,(H2,9,10,11). The number of carbonyl (C=O) groups is 1. The molecule has 0 fully saturated rings. The molecule has 0 radical (unpaired) electrons. The fraction of sp³-hybridized carbons (Fsp3) is 0.200. The largest absolute Gasteiger partial charge is 0.402 e. The Morgan fingerprint density at radius 2 is 2.27 bits per heavy atom. The minimum atomic E-state index is -1.29. The number of rotatable bonds is 2. The molecule has 0 aliphatic carbocycles. The van der Waals surface area contributed by atoms with Gasteiger partial charge in [-0.1, -0.05) is 0 Å². The molecule has 0 aromatic rings. The third kappa shape index (κ3) is 3.29. The zero-order valence-electron chi connectivity index (χ0n) is 5.53. The van der Waals surface area contributed by atoms with Gasteiger partial charge in [-0.05, 0) is 0 Å². The van der Waals surface area contributed by atoms with Crippen LogP contribution in [0, 0.1) is 5.41 Å². The molecular formula is C5H7F2N3O. The van der Waals surface area contributed by atoms with Crippen molar-refractivity contribution in [2.75, 3.05) is 6.67 Å². The quantitative estimate of drug-likeness (QED) is 0.390. The van der Waals surface area contributed by atoms with Gasteiger partial charge in [0, 0.05) is 6.20 Å². The number of hydrogen-bond donors (Lipinski definition) is 3. The van der Waals surface area contributed by atoms with Gasteiger partial charge in [0.1, 0.15) is 0 Å². The third-order valence-electron chi connectivity index (χ3n) is 0.771. The van der Waals surface area contributed by atoms with Crippen LogP contribution in [0.3, 0.4) is 0 Å². The lowest BCUT2D eigenvalue weighted by molar-refractivity contribution is -0.120. The maximum Gasteiger partial charge on any atom is 0.256 e. The molecule has 0 aliphatic rings. The van der Waals surface area contributed by atoms with E-state index in [9.17, 15) is 13.6 Å². The van der Waals surface area contributed by atoms with Crippen LogP contribution in [0.4, 0.5) is 8.78 Å². The van der Waals surface area contributed by atoms with Gasteiger partial charge >= 0.3 is 0 Å². The van der Waals surface area contributed by atoms with E-state index in [0.29, 0.717) is 6.20 Å². The molecule has 11 heavy (non-hydrogen) atoms. The Hall–Kier alpha value is -1.46. The Kier molecular flexibility index (Phi) is 3.79. The van der Waals surface area contributed by atoms with Crippen molar-refractivity contribution in [1.82, 2.24) is 5.32 Å². The smallest absolute Gasteiger partial charge is 0.256 e. The third-order valence-corrected chi connectivity index (χ3v) is 0.771. The van der Waals surface area contributed by atoms with Gasteiger partial charge in [-0.2, -0.15) is 0 Å². The van der Waals surface area contributed by atoms with E-state index in [1.54, 1.807) is 5.32 Å². The molecule has 62 valence electrons. The minimum Gasteiger partial charge on any atom is -0.402 e. The Labute approximate surface area is 61.6 Å². The first-order valence-corrected chi connectivity index (χ1v) is 2.64. The molecule has 0 aromatic carbocycles. The fourth-order valence-electron chi connectivity index (χ4n) is 0.316. The van der Waals surface area contributed by atoms with E-state index in [-0.39, 0.29) is 0 Å². The number of amidine groups is 1. The fourth-order valence-corrected chi connectivity index (χ4v) is 0.316. The van der Waals surface area contributed by atoms with Crippen LogP contribution < -0.4 is 11.1 Å². The van der Waals surface area contributed by atoms with Crippen molar-refractivity contribution in [1.29, 1.82) is 5.41 Å². The normalized spacial score (nSPS) is 10.9. The van der Waals surface area contributed by atoms with Crippen molar-refractivity contribution in [3.05, 3.63) is 12.0 Å². The van der Waals surface area contributed by atoms with Crippen LogP contribution in [-0.4, -0.2) is 18.4 Å². The molecule has 0 saturated heterocycles. The zero-order valence-corrected chi connectivity index (χ0v) is 5.53. The van der Waals surface area contributed by atoms with Crippen molar-refractivity contribution >= 4 is 11.7 Å². The molecule has 0 rings (SSSR count). The Balaban J connectivity index is 3.98. The van der Waals surface area contributed by atoms with Gasteiger partial charge in [-0.3, -0.25) is 10.2 Å². The monoisotopic (exact) mass is 163 g/mol. The van der Waals surface area contributed by atoms with Crippen molar-refractivity contribution in [2.24, 2.45) is 5.73 Å². The molecule has 0 unspecified atom stereocenters. The molecular weight excluding hydrogens is 156 g/mol. The van der Waals surface area contributed by atoms with Crippen LogP contribution in [0.25, 0.3) is 0 Å². The van der Waals surface area contributed by atoms with Gasteiger partial charge in [0.05, 0.1) is 0 Å². The Bertz CT molecular complexity index is 202. The highest BCUT2D eigenvalue weighted by atomic mass is 19.1. The van der Waals surface area contributed by atoms with E-state index in [1.165, 1.54) is 0 Å². The van der Waals surface area contributed by atoms with Crippen molar-refractivity contribution in [3.8, 4) is 0 Å². The van der Waals surface area contributed by atoms with Crippen molar-refractivity contribution < 1.29 is 13.6 Å². The van der Waals surface area contributed by atoms with E-state index in [0.717, 1.165) is 0 Å². The molecule has 0 aliphatic heterocycles. The lowest BCUT2D eigenvalue weighted by Crippen LogP contribution is -2.31. The maximum absolute atomic E-state index is 12.2. The summed E-state index contributed by atoms with van der Waals surface area (Å²) in [6.07, 6.45) is 0.501. The second kappa shape index (κ2) is 4.37. The Morgan fingerprint density at radius 3 is 2.64 bits per heavy atom. The van der Waals surface area contributed by atoms with E-state index >= 15 is 0 Å². The van der Waals surface area contributed by atoms with Gasteiger partial charge in [-0.25, -0.2) is 8.78 Å². The number of amides is 1. The summed E-state index contributed by atoms with van der Waals surface area (Å²) in [5.41, 5.74) is 4.67. The first-order valence-electron chi connectivity index (χ1n) is 2.64. The van der Waals surface area contributed by atoms with Gasteiger partial charge in [0.15, 0.2) is 18.3 Å². The van der Waals surface area contributed by atoms with E-state index < -0.39 is 24.2 Å². The van der Waals surface area contributed by atoms with E-state index in [1.807, 2.05) is 0 Å². The molecule has 0 heterocycles. The van der Waals surface area contributed by atoms with E-state index in [2.05, 4.69) is 5.73 Å². The molecule has 6 heteroatoms. The lowest BCUT2D eigenvalue weighted by Gasteiger charge is -1.99. The second-order valence-corrected chi connectivity index (χ2v) is 1.57. The van der Waals surface area contributed by atoms with Crippen LogP contribution in [0.2, 0.25) is 0 Å². The highest BCUT2D eigenvalue weighted by Crippen LogP contribution is 1.92. The van der Waals surface area contributed by atoms with Crippen LogP contribution in [-0.2, 0) is 4.79 Å². The zero-order chi connectivity index (χ0) is 8.85. The van der Waals surface area contributed by atoms with Crippen molar-refractivity contribution in [3.63, 3.8) is 0 Å². The first-order chi connectivity index (χ1) is 5.11. The average molecular weight is 163 g/mol.